The van der Waals surface area contributed by atoms with Crippen LogP contribution in [0.2, 0.25) is 0 Å². The molecule has 1 saturated heterocycles. The number of carbonyl (C=O) groups excluding carboxylic acids is 1. The van der Waals surface area contributed by atoms with E-state index in [1.165, 1.54) is 25.0 Å². The van der Waals surface area contributed by atoms with Crippen LogP contribution in [0.3, 0.4) is 0 Å². The van der Waals surface area contributed by atoms with Gasteiger partial charge in [-0.15, -0.1) is 0 Å². The zero-order chi connectivity index (χ0) is 16.1. The van der Waals surface area contributed by atoms with Gasteiger partial charge in [0, 0.05) is 39.1 Å². The average molecular weight is 316 g/mol. The fraction of sp³-hybridized carbons (Fsp3) is 0.526. The Labute approximate surface area is 137 Å². The van der Waals surface area contributed by atoms with E-state index >= 15 is 0 Å². The van der Waals surface area contributed by atoms with Crippen molar-refractivity contribution in [3.05, 3.63) is 47.8 Å². The first-order valence-corrected chi connectivity index (χ1v) is 8.60. The molecule has 2 aliphatic rings. The Balaban J connectivity index is 1.55. The van der Waals surface area contributed by atoms with Crippen LogP contribution in [0.15, 0.2) is 36.4 Å². The molecule has 0 radical (unpaired) electrons. The highest BCUT2D eigenvalue weighted by molar-refractivity contribution is 5.76. The van der Waals surface area contributed by atoms with E-state index in [1.807, 2.05) is 11.0 Å². The Morgan fingerprint density at radius 2 is 2.09 bits per heavy atom. The molecule has 124 valence electrons. The lowest BCUT2D eigenvalue weighted by Gasteiger charge is -2.27. The summed E-state index contributed by atoms with van der Waals surface area (Å²) < 4.78 is 13.3. The van der Waals surface area contributed by atoms with Gasteiger partial charge in [-0.2, -0.15) is 0 Å². The molecule has 1 aromatic carbocycles. The second kappa shape index (κ2) is 7.73. The molecule has 1 amide bonds. The van der Waals surface area contributed by atoms with Crippen molar-refractivity contribution in [2.45, 2.75) is 32.2 Å². The van der Waals surface area contributed by atoms with Gasteiger partial charge >= 0.3 is 0 Å². The van der Waals surface area contributed by atoms with E-state index in [1.54, 1.807) is 6.07 Å². The highest BCUT2D eigenvalue weighted by Gasteiger charge is 2.23. The topological polar surface area (TPSA) is 23.6 Å². The van der Waals surface area contributed by atoms with E-state index in [4.69, 9.17) is 0 Å². The molecule has 0 bridgehead atoms. The van der Waals surface area contributed by atoms with E-state index in [9.17, 15) is 9.18 Å². The van der Waals surface area contributed by atoms with Crippen molar-refractivity contribution in [1.82, 2.24) is 9.80 Å². The number of rotatable bonds is 4. The lowest BCUT2D eigenvalue weighted by atomic mass is 9.94. The zero-order valence-electron chi connectivity index (χ0n) is 13.6. The van der Waals surface area contributed by atoms with E-state index in [2.05, 4.69) is 17.1 Å². The van der Waals surface area contributed by atoms with Gasteiger partial charge in [0.05, 0.1) is 0 Å². The minimum atomic E-state index is -0.239. The molecule has 0 spiro atoms. The van der Waals surface area contributed by atoms with Crippen molar-refractivity contribution in [2.75, 3.05) is 26.2 Å². The molecule has 1 heterocycles. The van der Waals surface area contributed by atoms with Crippen molar-refractivity contribution in [3.8, 4) is 0 Å². The summed E-state index contributed by atoms with van der Waals surface area (Å²) in [5.74, 6) is 0.668. The van der Waals surface area contributed by atoms with Gasteiger partial charge in [-0.1, -0.05) is 24.3 Å². The SMILES string of the molecule is O=C1CCN(CC2CC=CCC2)CCN1Cc1cccc(F)c1. The van der Waals surface area contributed by atoms with E-state index in [0.29, 0.717) is 13.0 Å². The third kappa shape index (κ3) is 4.64. The normalized spacial score (nSPS) is 23.1. The number of halogens is 1. The predicted molar refractivity (Wildman–Crippen MR) is 89.4 cm³/mol. The number of nitrogens with zero attached hydrogens (tertiary/aromatic N) is 2. The van der Waals surface area contributed by atoms with Crippen LogP contribution in [0.25, 0.3) is 0 Å². The minimum Gasteiger partial charge on any atom is -0.337 e. The maximum atomic E-state index is 13.3. The lowest BCUT2D eigenvalue weighted by Crippen LogP contribution is -2.35. The molecular weight excluding hydrogens is 291 g/mol. The van der Waals surface area contributed by atoms with Crippen molar-refractivity contribution in [3.63, 3.8) is 0 Å². The Morgan fingerprint density at radius 3 is 2.87 bits per heavy atom. The molecule has 0 aromatic heterocycles. The van der Waals surface area contributed by atoms with Gasteiger partial charge in [0.1, 0.15) is 5.82 Å². The third-order valence-electron chi connectivity index (χ3n) is 4.84. The summed E-state index contributed by atoms with van der Waals surface area (Å²) in [6.07, 6.45) is 8.73. The molecule has 1 aliphatic heterocycles. The summed E-state index contributed by atoms with van der Waals surface area (Å²) in [6.45, 7) is 4.10. The second-order valence-corrected chi connectivity index (χ2v) is 6.65. The fourth-order valence-electron chi connectivity index (χ4n) is 3.50. The summed E-state index contributed by atoms with van der Waals surface area (Å²) >= 11 is 0. The predicted octanol–water partition coefficient (Wildman–Crippen LogP) is 3.22. The van der Waals surface area contributed by atoms with Crippen LogP contribution in [0.1, 0.15) is 31.2 Å². The molecule has 0 saturated carbocycles. The van der Waals surface area contributed by atoms with Crippen LogP contribution in [-0.2, 0) is 11.3 Å². The molecular formula is C19H25FN2O. The van der Waals surface area contributed by atoms with Crippen molar-refractivity contribution in [1.29, 1.82) is 0 Å². The second-order valence-electron chi connectivity index (χ2n) is 6.65. The van der Waals surface area contributed by atoms with Crippen LogP contribution in [0, 0.1) is 11.7 Å². The van der Waals surface area contributed by atoms with Gasteiger partial charge in [-0.25, -0.2) is 4.39 Å². The smallest absolute Gasteiger partial charge is 0.224 e. The zero-order valence-corrected chi connectivity index (χ0v) is 13.6. The summed E-state index contributed by atoms with van der Waals surface area (Å²) in [6, 6.07) is 6.54. The highest BCUT2D eigenvalue weighted by Crippen LogP contribution is 2.20. The molecule has 1 unspecified atom stereocenters. The first kappa shape index (κ1) is 16.2. The molecule has 4 heteroatoms. The third-order valence-corrected chi connectivity index (χ3v) is 4.84. The first-order chi connectivity index (χ1) is 11.2. The van der Waals surface area contributed by atoms with Crippen LogP contribution < -0.4 is 0 Å². The number of hydrogen-bond acceptors (Lipinski definition) is 2. The highest BCUT2D eigenvalue weighted by atomic mass is 19.1. The average Bonchev–Trinajstić information content (AvgIpc) is 2.72. The number of carbonyl (C=O) groups is 1. The van der Waals surface area contributed by atoms with Gasteiger partial charge in [0.15, 0.2) is 0 Å². The van der Waals surface area contributed by atoms with Gasteiger partial charge < -0.3 is 9.80 Å². The molecule has 3 rings (SSSR count). The quantitative estimate of drug-likeness (QED) is 0.796. The van der Waals surface area contributed by atoms with Crippen LogP contribution in [0.4, 0.5) is 4.39 Å². The van der Waals surface area contributed by atoms with E-state index in [0.717, 1.165) is 44.1 Å². The number of amides is 1. The number of hydrogen-bond donors (Lipinski definition) is 0. The Morgan fingerprint density at radius 1 is 1.17 bits per heavy atom. The maximum absolute atomic E-state index is 13.3. The van der Waals surface area contributed by atoms with Crippen molar-refractivity contribution in [2.24, 2.45) is 5.92 Å². The Hall–Kier alpha value is -1.68. The molecule has 0 N–H and O–H groups in total. The maximum Gasteiger partial charge on any atom is 0.224 e. The van der Waals surface area contributed by atoms with Gasteiger partial charge in [-0.05, 0) is 42.9 Å². The Bertz CT molecular complexity index is 572. The summed E-state index contributed by atoms with van der Waals surface area (Å²) in [5, 5.41) is 0. The minimum absolute atomic E-state index is 0.181. The summed E-state index contributed by atoms with van der Waals surface area (Å²) in [5.41, 5.74) is 0.865. The molecule has 1 atom stereocenters. The van der Waals surface area contributed by atoms with E-state index in [-0.39, 0.29) is 11.7 Å². The molecule has 1 aromatic rings. The van der Waals surface area contributed by atoms with Gasteiger partial charge in [-0.3, -0.25) is 4.79 Å². The van der Waals surface area contributed by atoms with Gasteiger partial charge in [0.25, 0.3) is 0 Å². The van der Waals surface area contributed by atoms with Crippen molar-refractivity contribution < 1.29 is 9.18 Å². The lowest BCUT2D eigenvalue weighted by molar-refractivity contribution is -0.130. The fourth-order valence-corrected chi connectivity index (χ4v) is 3.50. The largest absolute Gasteiger partial charge is 0.337 e. The molecule has 3 nitrogen and oxygen atoms in total. The van der Waals surface area contributed by atoms with Gasteiger partial charge in [0.2, 0.25) is 5.91 Å². The number of benzene rings is 1. The van der Waals surface area contributed by atoms with Crippen LogP contribution >= 0.6 is 0 Å². The standard InChI is InChI=1S/C19H25FN2O/c20-18-8-4-7-17(13-18)15-22-12-11-21(10-9-19(22)23)14-16-5-2-1-3-6-16/h1-2,4,7-8,13,16H,3,5-6,9-12,14-15H2. The number of allylic oxidation sites excluding steroid dienone is 2. The molecule has 1 fully saturated rings. The van der Waals surface area contributed by atoms with Crippen LogP contribution in [0.5, 0.6) is 0 Å². The molecule has 23 heavy (non-hydrogen) atoms. The first-order valence-electron chi connectivity index (χ1n) is 8.60. The monoisotopic (exact) mass is 316 g/mol. The summed E-state index contributed by atoms with van der Waals surface area (Å²) in [4.78, 5) is 16.6. The van der Waals surface area contributed by atoms with Crippen LogP contribution in [-0.4, -0.2) is 41.9 Å². The summed E-state index contributed by atoms with van der Waals surface area (Å²) in [7, 11) is 0. The van der Waals surface area contributed by atoms with E-state index < -0.39 is 0 Å². The van der Waals surface area contributed by atoms with Crippen molar-refractivity contribution >= 4 is 5.91 Å². The Kier molecular flexibility index (Phi) is 5.44. The molecule has 1 aliphatic carbocycles.